The van der Waals surface area contributed by atoms with E-state index in [4.69, 9.17) is 0 Å². The molecule has 5 nitrogen and oxygen atoms in total. The third kappa shape index (κ3) is 1.05. The molecule has 0 aromatic carbocycles. The second-order valence-electron chi connectivity index (χ2n) is 2.36. The van der Waals surface area contributed by atoms with Gasteiger partial charge in [-0.05, 0) is 22.6 Å². The van der Waals surface area contributed by atoms with Gasteiger partial charge in [0, 0.05) is 25.0 Å². The molecular weight excluding hydrogens is 154 g/mol. The number of hydrogen-bond acceptors (Lipinski definition) is 4. The standard InChI is InChI=1S/C7H7N5/c1-12-7(9-10-11-12)6-2-4-8-5-3-6/h2-5H,1H3. The smallest absolute Gasteiger partial charge is 0.181 e. The second-order valence-corrected chi connectivity index (χ2v) is 2.36. The van der Waals surface area contributed by atoms with Crippen molar-refractivity contribution in [1.29, 1.82) is 0 Å². The van der Waals surface area contributed by atoms with E-state index >= 15 is 0 Å². The lowest BCUT2D eigenvalue weighted by atomic mass is 10.2. The molecule has 2 aromatic heterocycles. The summed E-state index contributed by atoms with van der Waals surface area (Å²) in [7, 11) is 1.80. The summed E-state index contributed by atoms with van der Waals surface area (Å²) in [5, 5.41) is 11.1. The van der Waals surface area contributed by atoms with E-state index in [9.17, 15) is 0 Å². The number of aromatic nitrogens is 5. The van der Waals surface area contributed by atoms with Crippen molar-refractivity contribution in [3.8, 4) is 11.4 Å². The van der Waals surface area contributed by atoms with Gasteiger partial charge in [0.25, 0.3) is 0 Å². The molecule has 0 aliphatic carbocycles. The third-order valence-electron chi connectivity index (χ3n) is 1.56. The van der Waals surface area contributed by atoms with Crippen LogP contribution in [-0.4, -0.2) is 25.2 Å². The number of tetrazole rings is 1. The summed E-state index contributed by atoms with van der Waals surface area (Å²) in [6.07, 6.45) is 3.42. The summed E-state index contributed by atoms with van der Waals surface area (Å²) in [6, 6.07) is 3.73. The van der Waals surface area contributed by atoms with Gasteiger partial charge < -0.3 is 0 Å². The summed E-state index contributed by atoms with van der Waals surface area (Å²) in [6.45, 7) is 0. The van der Waals surface area contributed by atoms with Gasteiger partial charge in [-0.25, -0.2) is 4.68 Å². The van der Waals surface area contributed by atoms with E-state index < -0.39 is 0 Å². The topological polar surface area (TPSA) is 56.5 Å². The van der Waals surface area contributed by atoms with E-state index in [1.165, 1.54) is 0 Å². The van der Waals surface area contributed by atoms with Crippen LogP contribution in [0, 0.1) is 0 Å². The first-order valence-electron chi connectivity index (χ1n) is 3.50. The number of hydrogen-bond donors (Lipinski definition) is 0. The minimum atomic E-state index is 0.748. The first-order chi connectivity index (χ1) is 5.88. The summed E-state index contributed by atoms with van der Waals surface area (Å²) in [5.41, 5.74) is 0.970. The Labute approximate surface area is 69.1 Å². The van der Waals surface area contributed by atoms with Crippen LogP contribution in [0.1, 0.15) is 0 Å². The highest BCUT2D eigenvalue weighted by molar-refractivity contribution is 5.52. The Hall–Kier alpha value is -1.78. The largest absolute Gasteiger partial charge is 0.265 e. The minimum Gasteiger partial charge on any atom is -0.265 e. The van der Waals surface area contributed by atoms with E-state index in [1.54, 1.807) is 24.1 Å². The number of nitrogens with zero attached hydrogens (tertiary/aromatic N) is 5. The molecule has 0 bridgehead atoms. The lowest BCUT2D eigenvalue weighted by Gasteiger charge is -1.95. The average molecular weight is 161 g/mol. The summed E-state index contributed by atoms with van der Waals surface area (Å²) >= 11 is 0. The lowest BCUT2D eigenvalue weighted by Crippen LogP contribution is -1.94. The van der Waals surface area contributed by atoms with Crippen LogP contribution in [0.25, 0.3) is 11.4 Å². The Morgan fingerprint density at radius 1 is 1.25 bits per heavy atom. The first-order valence-corrected chi connectivity index (χ1v) is 3.50. The zero-order chi connectivity index (χ0) is 8.39. The molecule has 0 aliphatic rings. The molecule has 2 rings (SSSR count). The summed E-state index contributed by atoms with van der Waals surface area (Å²) in [4.78, 5) is 3.91. The number of aryl methyl sites for hydroxylation is 1. The second kappa shape index (κ2) is 2.69. The van der Waals surface area contributed by atoms with Crippen molar-refractivity contribution in [2.45, 2.75) is 0 Å². The molecule has 12 heavy (non-hydrogen) atoms. The Balaban J connectivity index is 2.51. The van der Waals surface area contributed by atoms with Crippen molar-refractivity contribution in [2.75, 3.05) is 0 Å². The van der Waals surface area contributed by atoms with Crippen molar-refractivity contribution in [1.82, 2.24) is 25.2 Å². The van der Waals surface area contributed by atoms with Gasteiger partial charge in [0.05, 0.1) is 0 Å². The fraction of sp³-hybridized carbons (Fsp3) is 0.143. The Morgan fingerprint density at radius 3 is 2.58 bits per heavy atom. The summed E-state index contributed by atoms with van der Waals surface area (Å²) < 4.78 is 1.62. The molecule has 0 N–H and O–H groups in total. The van der Waals surface area contributed by atoms with Crippen LogP contribution in [0.2, 0.25) is 0 Å². The van der Waals surface area contributed by atoms with Crippen molar-refractivity contribution in [2.24, 2.45) is 7.05 Å². The molecule has 0 saturated heterocycles. The molecule has 60 valence electrons. The van der Waals surface area contributed by atoms with Gasteiger partial charge >= 0.3 is 0 Å². The van der Waals surface area contributed by atoms with Gasteiger partial charge in [-0.15, -0.1) is 5.10 Å². The molecule has 0 spiro atoms. The van der Waals surface area contributed by atoms with Crippen molar-refractivity contribution >= 4 is 0 Å². The molecule has 0 fully saturated rings. The molecule has 0 atom stereocenters. The molecule has 0 radical (unpaired) electrons. The van der Waals surface area contributed by atoms with Crippen LogP contribution in [-0.2, 0) is 7.05 Å². The maximum absolute atomic E-state index is 3.91. The maximum Gasteiger partial charge on any atom is 0.181 e. The molecular formula is C7H7N5. The molecule has 0 amide bonds. The van der Waals surface area contributed by atoms with E-state index in [-0.39, 0.29) is 0 Å². The fourth-order valence-electron chi connectivity index (χ4n) is 0.975. The van der Waals surface area contributed by atoms with Gasteiger partial charge in [-0.2, -0.15) is 0 Å². The highest BCUT2D eigenvalue weighted by Crippen LogP contribution is 2.11. The quantitative estimate of drug-likeness (QED) is 0.602. The lowest BCUT2D eigenvalue weighted by molar-refractivity contribution is 0.714. The van der Waals surface area contributed by atoms with Crippen LogP contribution in [0.5, 0.6) is 0 Å². The van der Waals surface area contributed by atoms with Crippen molar-refractivity contribution in [3.05, 3.63) is 24.5 Å². The molecule has 0 unspecified atom stereocenters. The van der Waals surface area contributed by atoms with Gasteiger partial charge in [0.15, 0.2) is 5.82 Å². The molecule has 2 heterocycles. The third-order valence-corrected chi connectivity index (χ3v) is 1.56. The zero-order valence-electron chi connectivity index (χ0n) is 6.55. The SMILES string of the molecule is Cn1nnnc1-c1ccncc1. The van der Waals surface area contributed by atoms with Gasteiger partial charge in [0.1, 0.15) is 0 Å². The van der Waals surface area contributed by atoms with Gasteiger partial charge in [-0.3, -0.25) is 4.98 Å². The van der Waals surface area contributed by atoms with Crippen LogP contribution in [0.4, 0.5) is 0 Å². The zero-order valence-corrected chi connectivity index (χ0v) is 6.55. The number of pyridine rings is 1. The molecule has 0 saturated carbocycles. The van der Waals surface area contributed by atoms with E-state index in [2.05, 4.69) is 20.5 Å². The molecule has 0 aliphatic heterocycles. The van der Waals surface area contributed by atoms with E-state index in [0.29, 0.717) is 0 Å². The molecule has 5 heteroatoms. The predicted molar refractivity (Wildman–Crippen MR) is 42.0 cm³/mol. The van der Waals surface area contributed by atoms with Gasteiger partial charge in [-0.1, -0.05) is 0 Å². The predicted octanol–water partition coefficient (Wildman–Crippen LogP) is 0.272. The number of rotatable bonds is 1. The Bertz CT molecular complexity index is 366. The monoisotopic (exact) mass is 161 g/mol. The first kappa shape index (κ1) is 6.90. The Kier molecular flexibility index (Phi) is 1.55. The van der Waals surface area contributed by atoms with Crippen LogP contribution in [0.3, 0.4) is 0 Å². The normalized spacial score (nSPS) is 10.1. The fourth-order valence-corrected chi connectivity index (χ4v) is 0.975. The van der Waals surface area contributed by atoms with Crippen molar-refractivity contribution in [3.63, 3.8) is 0 Å². The average Bonchev–Trinajstić information content (AvgIpc) is 2.53. The summed E-state index contributed by atoms with van der Waals surface area (Å²) in [5.74, 6) is 0.748. The van der Waals surface area contributed by atoms with Gasteiger partial charge in [0.2, 0.25) is 0 Å². The van der Waals surface area contributed by atoms with E-state index in [0.717, 1.165) is 11.4 Å². The minimum absolute atomic E-state index is 0.748. The highest BCUT2D eigenvalue weighted by Gasteiger charge is 2.03. The van der Waals surface area contributed by atoms with Crippen LogP contribution >= 0.6 is 0 Å². The van der Waals surface area contributed by atoms with Crippen LogP contribution < -0.4 is 0 Å². The van der Waals surface area contributed by atoms with Crippen molar-refractivity contribution < 1.29 is 0 Å². The highest BCUT2D eigenvalue weighted by atomic mass is 15.5. The maximum atomic E-state index is 3.91. The molecule has 2 aromatic rings. The van der Waals surface area contributed by atoms with Crippen LogP contribution in [0.15, 0.2) is 24.5 Å². The van der Waals surface area contributed by atoms with E-state index in [1.807, 2.05) is 12.1 Å². The Morgan fingerprint density at radius 2 is 2.00 bits per heavy atom.